The minimum absolute atomic E-state index is 0.0500. The summed E-state index contributed by atoms with van der Waals surface area (Å²) in [4.78, 5) is 17.3. The highest BCUT2D eigenvalue weighted by Gasteiger charge is 2.52. The molecular formula is C10H13N3OS2. The molecule has 6 heteroatoms. The zero-order chi connectivity index (χ0) is 11.8. The first-order chi connectivity index (χ1) is 7.54. The number of nitrogens with zero attached hydrogens (tertiary/aromatic N) is 1. The predicted octanol–water partition coefficient (Wildman–Crippen LogP) is 1.13. The number of thiazole rings is 1. The lowest BCUT2D eigenvalue weighted by molar-refractivity contribution is -0.124. The molecule has 1 amide bonds. The van der Waals surface area contributed by atoms with Crippen molar-refractivity contribution >= 4 is 34.5 Å². The summed E-state index contributed by atoms with van der Waals surface area (Å²) in [5, 5.41) is 3.86. The molecule has 86 valence electrons. The van der Waals surface area contributed by atoms with E-state index in [-0.39, 0.29) is 5.91 Å². The summed E-state index contributed by atoms with van der Waals surface area (Å²) in [5.41, 5.74) is 5.01. The molecule has 1 fully saturated rings. The van der Waals surface area contributed by atoms with Gasteiger partial charge < -0.3 is 11.1 Å². The summed E-state index contributed by atoms with van der Waals surface area (Å²) < 4.78 is 0. The van der Waals surface area contributed by atoms with Crippen LogP contribution in [0.3, 0.4) is 0 Å². The Morgan fingerprint density at radius 2 is 2.44 bits per heavy atom. The number of aryl methyl sites for hydroxylation is 1. The Labute approximate surface area is 103 Å². The summed E-state index contributed by atoms with van der Waals surface area (Å²) in [6, 6.07) is 0. The normalized spacial score (nSPS) is 16.8. The van der Waals surface area contributed by atoms with Gasteiger partial charge in [-0.1, -0.05) is 12.2 Å². The van der Waals surface area contributed by atoms with Gasteiger partial charge in [0.15, 0.2) is 0 Å². The first-order valence-corrected chi connectivity index (χ1v) is 6.26. The molecular weight excluding hydrogens is 242 g/mol. The van der Waals surface area contributed by atoms with Crippen LogP contribution < -0.4 is 11.1 Å². The van der Waals surface area contributed by atoms with E-state index < -0.39 is 5.41 Å². The first-order valence-electron chi connectivity index (χ1n) is 5.04. The fourth-order valence-corrected chi connectivity index (χ4v) is 2.57. The van der Waals surface area contributed by atoms with E-state index >= 15 is 0 Å². The van der Waals surface area contributed by atoms with Gasteiger partial charge in [0, 0.05) is 11.1 Å². The smallest absolute Gasteiger partial charge is 0.233 e. The predicted molar refractivity (Wildman–Crippen MR) is 67.2 cm³/mol. The SMILES string of the molecule is Cc1ncc(CNC(=O)C2(C(N)=S)CC2)s1. The Hall–Kier alpha value is -1.01. The standard InChI is InChI=1S/C10H13N3OS2/c1-6-12-4-7(16-6)5-13-9(14)10(2-3-10)8(11)15/h4H,2-3,5H2,1H3,(H2,11,15)(H,13,14). The number of hydrogen-bond donors (Lipinski definition) is 2. The summed E-state index contributed by atoms with van der Waals surface area (Å²) in [5.74, 6) is -0.0500. The molecule has 0 aliphatic heterocycles. The molecule has 0 unspecified atom stereocenters. The highest BCUT2D eigenvalue weighted by molar-refractivity contribution is 7.80. The van der Waals surface area contributed by atoms with Crippen molar-refractivity contribution in [2.75, 3.05) is 0 Å². The molecule has 3 N–H and O–H groups in total. The number of amides is 1. The number of rotatable bonds is 4. The number of hydrogen-bond acceptors (Lipinski definition) is 4. The second-order valence-electron chi connectivity index (χ2n) is 3.97. The highest BCUT2D eigenvalue weighted by atomic mass is 32.1. The Kier molecular flexibility index (Phi) is 2.94. The van der Waals surface area contributed by atoms with Gasteiger partial charge >= 0.3 is 0 Å². The average molecular weight is 255 g/mol. The Morgan fingerprint density at radius 3 is 2.88 bits per heavy atom. The van der Waals surface area contributed by atoms with Gasteiger partial charge in [0.05, 0.1) is 22.0 Å². The van der Waals surface area contributed by atoms with Gasteiger partial charge in [-0.25, -0.2) is 4.98 Å². The van der Waals surface area contributed by atoms with Crippen molar-refractivity contribution in [2.24, 2.45) is 11.1 Å². The third-order valence-corrected chi connectivity index (χ3v) is 4.05. The lowest BCUT2D eigenvalue weighted by Crippen LogP contribution is -2.39. The number of aromatic nitrogens is 1. The van der Waals surface area contributed by atoms with Crippen LogP contribution in [0.4, 0.5) is 0 Å². The number of carbonyl (C=O) groups excluding carboxylic acids is 1. The van der Waals surface area contributed by atoms with Crippen molar-refractivity contribution in [3.05, 3.63) is 16.1 Å². The zero-order valence-corrected chi connectivity index (χ0v) is 10.6. The first kappa shape index (κ1) is 11.5. The summed E-state index contributed by atoms with van der Waals surface area (Å²) >= 11 is 6.49. The average Bonchev–Trinajstić information content (AvgIpc) is 2.95. The van der Waals surface area contributed by atoms with Gasteiger partial charge in [0.1, 0.15) is 0 Å². The van der Waals surface area contributed by atoms with Crippen molar-refractivity contribution in [2.45, 2.75) is 26.3 Å². The topological polar surface area (TPSA) is 68.0 Å². The summed E-state index contributed by atoms with van der Waals surface area (Å²) in [6.45, 7) is 2.45. The number of nitrogens with one attached hydrogen (secondary N) is 1. The molecule has 16 heavy (non-hydrogen) atoms. The molecule has 0 saturated heterocycles. The Morgan fingerprint density at radius 1 is 1.75 bits per heavy atom. The van der Waals surface area contributed by atoms with Crippen LogP contribution in [0.5, 0.6) is 0 Å². The van der Waals surface area contributed by atoms with Crippen LogP contribution in [0.25, 0.3) is 0 Å². The second-order valence-corrected chi connectivity index (χ2v) is 5.73. The quantitative estimate of drug-likeness (QED) is 0.792. The number of thiocarbonyl (C=S) groups is 1. The van der Waals surface area contributed by atoms with E-state index in [9.17, 15) is 4.79 Å². The molecule has 0 bridgehead atoms. The van der Waals surface area contributed by atoms with E-state index in [0.717, 1.165) is 22.7 Å². The van der Waals surface area contributed by atoms with Crippen LogP contribution >= 0.6 is 23.6 Å². The largest absolute Gasteiger partial charge is 0.392 e. The third-order valence-electron chi connectivity index (χ3n) is 2.75. The molecule has 2 rings (SSSR count). The van der Waals surface area contributed by atoms with Gasteiger partial charge in [-0.15, -0.1) is 11.3 Å². The van der Waals surface area contributed by atoms with Crippen molar-refractivity contribution in [1.29, 1.82) is 0 Å². The van der Waals surface area contributed by atoms with Crippen LogP contribution in [0.15, 0.2) is 6.20 Å². The molecule has 0 radical (unpaired) electrons. The van der Waals surface area contributed by atoms with Crippen LogP contribution in [0.2, 0.25) is 0 Å². The Bertz CT molecular complexity index is 437. The molecule has 1 heterocycles. The van der Waals surface area contributed by atoms with E-state index in [1.807, 2.05) is 6.92 Å². The number of nitrogens with two attached hydrogens (primary N) is 1. The third kappa shape index (κ3) is 2.08. The monoisotopic (exact) mass is 255 g/mol. The zero-order valence-electron chi connectivity index (χ0n) is 8.95. The van der Waals surface area contributed by atoms with Gasteiger partial charge in [-0.3, -0.25) is 4.79 Å². The fourth-order valence-electron chi connectivity index (χ4n) is 1.53. The van der Waals surface area contributed by atoms with E-state index in [4.69, 9.17) is 18.0 Å². The Balaban J connectivity index is 1.92. The van der Waals surface area contributed by atoms with Crippen LogP contribution in [-0.2, 0) is 11.3 Å². The van der Waals surface area contributed by atoms with Crippen LogP contribution in [0.1, 0.15) is 22.7 Å². The van der Waals surface area contributed by atoms with Crippen LogP contribution in [0, 0.1) is 12.3 Å². The molecule has 1 aromatic rings. The fraction of sp³-hybridized carbons (Fsp3) is 0.500. The van der Waals surface area contributed by atoms with Gasteiger partial charge in [-0.2, -0.15) is 0 Å². The molecule has 0 atom stereocenters. The van der Waals surface area contributed by atoms with Crippen molar-refractivity contribution in [3.63, 3.8) is 0 Å². The molecule has 1 aliphatic carbocycles. The van der Waals surface area contributed by atoms with Gasteiger partial charge in [-0.05, 0) is 19.8 Å². The molecule has 1 saturated carbocycles. The maximum atomic E-state index is 11.9. The van der Waals surface area contributed by atoms with Gasteiger partial charge in [0.25, 0.3) is 0 Å². The molecule has 4 nitrogen and oxygen atoms in total. The second kappa shape index (κ2) is 4.10. The lowest BCUT2D eigenvalue weighted by atomic mass is 10.1. The molecule has 0 spiro atoms. The number of carbonyl (C=O) groups is 1. The maximum Gasteiger partial charge on any atom is 0.233 e. The molecule has 0 aromatic carbocycles. The molecule has 1 aliphatic rings. The van der Waals surface area contributed by atoms with Crippen molar-refractivity contribution in [3.8, 4) is 0 Å². The van der Waals surface area contributed by atoms with Gasteiger partial charge in [0.2, 0.25) is 5.91 Å². The van der Waals surface area contributed by atoms with E-state index in [1.165, 1.54) is 0 Å². The van der Waals surface area contributed by atoms with E-state index in [0.29, 0.717) is 11.5 Å². The van der Waals surface area contributed by atoms with Crippen LogP contribution in [-0.4, -0.2) is 15.9 Å². The summed E-state index contributed by atoms with van der Waals surface area (Å²) in [7, 11) is 0. The summed E-state index contributed by atoms with van der Waals surface area (Å²) in [6.07, 6.45) is 3.33. The molecule has 1 aromatic heterocycles. The van der Waals surface area contributed by atoms with E-state index in [1.54, 1.807) is 17.5 Å². The highest BCUT2D eigenvalue weighted by Crippen LogP contribution is 2.46. The van der Waals surface area contributed by atoms with Crippen molar-refractivity contribution in [1.82, 2.24) is 10.3 Å². The lowest BCUT2D eigenvalue weighted by Gasteiger charge is -2.12. The van der Waals surface area contributed by atoms with Crippen molar-refractivity contribution < 1.29 is 4.79 Å². The minimum Gasteiger partial charge on any atom is -0.392 e. The minimum atomic E-state index is -0.560. The maximum absolute atomic E-state index is 11.9. The van der Waals surface area contributed by atoms with E-state index in [2.05, 4.69) is 10.3 Å².